The smallest absolute Gasteiger partial charge is 0.230 e. The fourth-order valence-electron chi connectivity index (χ4n) is 3.96. The Morgan fingerprint density at radius 2 is 1.92 bits per heavy atom. The third-order valence-electron chi connectivity index (χ3n) is 5.57. The summed E-state index contributed by atoms with van der Waals surface area (Å²) in [6.07, 6.45) is 5.57. The van der Waals surface area contributed by atoms with Crippen LogP contribution in [0.2, 0.25) is 0 Å². The van der Waals surface area contributed by atoms with Crippen LogP contribution in [0.1, 0.15) is 51.5 Å². The highest BCUT2D eigenvalue weighted by Gasteiger charge is 2.39. The summed E-state index contributed by atoms with van der Waals surface area (Å²) >= 11 is 0. The maximum atomic E-state index is 13.2. The maximum absolute atomic E-state index is 13.2. The molecule has 0 saturated heterocycles. The van der Waals surface area contributed by atoms with E-state index in [1.165, 1.54) is 5.56 Å². The second-order valence-corrected chi connectivity index (χ2v) is 7.18. The molecule has 130 valence electrons. The zero-order valence-electron chi connectivity index (χ0n) is 14.8. The Hall–Kier alpha value is -1.84. The van der Waals surface area contributed by atoms with Crippen LogP contribution in [0, 0.1) is 11.8 Å². The fraction of sp³-hybridized carbons (Fsp3) is 0.600. The third-order valence-corrected chi connectivity index (χ3v) is 5.57. The van der Waals surface area contributed by atoms with Crippen molar-refractivity contribution in [2.75, 3.05) is 11.4 Å². The van der Waals surface area contributed by atoms with Gasteiger partial charge in [0.15, 0.2) is 0 Å². The summed E-state index contributed by atoms with van der Waals surface area (Å²) in [7, 11) is 0. The Morgan fingerprint density at radius 3 is 2.67 bits per heavy atom. The number of anilines is 1. The number of carbonyl (C=O) groups is 2. The highest BCUT2D eigenvalue weighted by atomic mass is 16.2. The summed E-state index contributed by atoms with van der Waals surface area (Å²) in [6, 6.07) is 8.30. The topological polar surface area (TPSA) is 49.4 Å². The first-order chi connectivity index (χ1) is 11.6. The second-order valence-electron chi connectivity index (χ2n) is 7.18. The summed E-state index contributed by atoms with van der Waals surface area (Å²) in [6.45, 7) is 4.83. The number of amides is 2. The van der Waals surface area contributed by atoms with Gasteiger partial charge in [-0.1, -0.05) is 38.0 Å². The molecule has 4 heteroatoms. The molecule has 1 aromatic rings. The predicted octanol–water partition coefficient (Wildman–Crippen LogP) is 3.30. The number of hydrogen-bond donors (Lipinski definition) is 1. The molecule has 0 aromatic heterocycles. The minimum atomic E-state index is -0.173. The first kappa shape index (κ1) is 17.0. The van der Waals surface area contributed by atoms with Gasteiger partial charge in [-0.3, -0.25) is 9.59 Å². The van der Waals surface area contributed by atoms with Gasteiger partial charge in [0.05, 0.1) is 5.92 Å². The Morgan fingerprint density at radius 1 is 1.21 bits per heavy atom. The molecule has 1 fully saturated rings. The lowest BCUT2D eigenvalue weighted by atomic mass is 9.77. The van der Waals surface area contributed by atoms with E-state index in [-0.39, 0.29) is 29.7 Å². The van der Waals surface area contributed by atoms with Crippen LogP contribution in [0.5, 0.6) is 0 Å². The van der Waals surface area contributed by atoms with Crippen molar-refractivity contribution in [1.29, 1.82) is 0 Å². The minimum absolute atomic E-state index is 0.0647. The van der Waals surface area contributed by atoms with E-state index in [0.29, 0.717) is 0 Å². The van der Waals surface area contributed by atoms with E-state index in [1.54, 1.807) is 0 Å². The van der Waals surface area contributed by atoms with E-state index < -0.39 is 0 Å². The van der Waals surface area contributed by atoms with Gasteiger partial charge in [-0.25, -0.2) is 0 Å². The Kier molecular flexibility index (Phi) is 5.22. The van der Waals surface area contributed by atoms with Crippen molar-refractivity contribution in [3.05, 3.63) is 29.8 Å². The molecule has 4 nitrogen and oxygen atoms in total. The molecule has 1 aliphatic carbocycles. The molecule has 0 bridgehead atoms. The van der Waals surface area contributed by atoms with Gasteiger partial charge in [-0.15, -0.1) is 0 Å². The number of nitrogens with one attached hydrogen (secondary N) is 1. The highest BCUT2D eigenvalue weighted by Crippen LogP contribution is 2.35. The third kappa shape index (κ3) is 3.33. The van der Waals surface area contributed by atoms with Crippen LogP contribution in [-0.2, 0) is 16.0 Å². The Bertz CT molecular complexity index is 613. The Balaban J connectivity index is 1.76. The normalized spacial score (nSPS) is 24.3. The van der Waals surface area contributed by atoms with Crippen molar-refractivity contribution in [3.63, 3.8) is 0 Å². The molecule has 0 spiro atoms. The molecule has 0 radical (unpaired) electrons. The highest BCUT2D eigenvalue weighted by molar-refractivity contribution is 5.99. The molecule has 1 aliphatic heterocycles. The fourth-order valence-corrected chi connectivity index (χ4v) is 3.96. The lowest BCUT2D eigenvalue weighted by molar-refractivity contribution is -0.135. The second kappa shape index (κ2) is 7.37. The van der Waals surface area contributed by atoms with Crippen LogP contribution >= 0.6 is 0 Å². The quantitative estimate of drug-likeness (QED) is 0.922. The van der Waals surface area contributed by atoms with E-state index >= 15 is 0 Å². The van der Waals surface area contributed by atoms with Crippen LogP contribution < -0.4 is 10.2 Å². The number of hydrogen-bond acceptors (Lipinski definition) is 2. The summed E-state index contributed by atoms with van der Waals surface area (Å²) < 4.78 is 0. The van der Waals surface area contributed by atoms with Crippen LogP contribution in [0.4, 0.5) is 5.69 Å². The van der Waals surface area contributed by atoms with Gasteiger partial charge in [0.25, 0.3) is 0 Å². The van der Waals surface area contributed by atoms with Gasteiger partial charge in [0, 0.05) is 24.2 Å². The van der Waals surface area contributed by atoms with Gasteiger partial charge in [0.1, 0.15) is 0 Å². The molecule has 3 unspecified atom stereocenters. The van der Waals surface area contributed by atoms with Crippen LogP contribution in [0.15, 0.2) is 24.3 Å². The standard InChI is InChI=1S/C20H28N2O2/c1-3-14(2)21-19(23)16-9-5-6-10-17(16)20(24)22-13-12-15-8-4-7-11-18(15)22/h4,7-8,11,14,16-17H,3,5-6,9-10,12-13H2,1-2H3,(H,21,23). The first-order valence-electron chi connectivity index (χ1n) is 9.31. The number of fused-ring (bicyclic) bond motifs is 1. The zero-order valence-corrected chi connectivity index (χ0v) is 14.8. The lowest BCUT2D eigenvalue weighted by Gasteiger charge is -2.33. The molecule has 1 saturated carbocycles. The van der Waals surface area contributed by atoms with Gasteiger partial charge in [-0.2, -0.15) is 0 Å². The number of carbonyl (C=O) groups excluding carboxylic acids is 2. The van der Waals surface area contributed by atoms with Crippen LogP contribution in [-0.4, -0.2) is 24.4 Å². The summed E-state index contributed by atoms with van der Waals surface area (Å²) in [5.41, 5.74) is 2.27. The molecule has 1 N–H and O–H groups in total. The average molecular weight is 328 g/mol. The molecule has 3 rings (SSSR count). The number of para-hydroxylation sites is 1. The van der Waals surface area contributed by atoms with Gasteiger partial charge in [0.2, 0.25) is 11.8 Å². The number of benzene rings is 1. The minimum Gasteiger partial charge on any atom is -0.353 e. The van der Waals surface area contributed by atoms with Crippen LogP contribution in [0.25, 0.3) is 0 Å². The predicted molar refractivity (Wildman–Crippen MR) is 95.8 cm³/mol. The molecule has 1 heterocycles. The molecule has 2 aliphatic rings. The number of rotatable bonds is 4. The molecule has 1 aromatic carbocycles. The van der Waals surface area contributed by atoms with Crippen LogP contribution in [0.3, 0.4) is 0 Å². The van der Waals surface area contributed by atoms with E-state index in [2.05, 4.69) is 18.3 Å². The van der Waals surface area contributed by atoms with Crippen molar-refractivity contribution in [1.82, 2.24) is 5.32 Å². The average Bonchev–Trinajstić information content (AvgIpc) is 3.05. The van der Waals surface area contributed by atoms with Crippen molar-refractivity contribution >= 4 is 17.5 Å². The van der Waals surface area contributed by atoms with E-state index in [9.17, 15) is 9.59 Å². The molecular weight excluding hydrogens is 300 g/mol. The monoisotopic (exact) mass is 328 g/mol. The van der Waals surface area contributed by atoms with E-state index in [4.69, 9.17) is 0 Å². The number of nitrogens with zero attached hydrogens (tertiary/aromatic N) is 1. The van der Waals surface area contributed by atoms with Gasteiger partial charge < -0.3 is 10.2 Å². The Labute approximate surface area is 144 Å². The summed E-state index contributed by atoms with van der Waals surface area (Å²) in [4.78, 5) is 27.8. The van der Waals surface area contributed by atoms with E-state index in [0.717, 1.165) is 50.8 Å². The zero-order chi connectivity index (χ0) is 17.1. The molecule has 3 atom stereocenters. The van der Waals surface area contributed by atoms with E-state index in [1.807, 2.05) is 30.0 Å². The SMILES string of the molecule is CCC(C)NC(=O)C1CCCCC1C(=O)N1CCc2ccccc21. The first-order valence-corrected chi connectivity index (χ1v) is 9.31. The summed E-state index contributed by atoms with van der Waals surface area (Å²) in [5.74, 6) is -0.138. The van der Waals surface area contributed by atoms with Crippen molar-refractivity contribution in [2.45, 2.75) is 58.4 Å². The summed E-state index contributed by atoms with van der Waals surface area (Å²) in [5, 5.41) is 3.08. The maximum Gasteiger partial charge on any atom is 0.230 e. The molecular formula is C20H28N2O2. The van der Waals surface area contributed by atoms with Gasteiger partial charge >= 0.3 is 0 Å². The lowest BCUT2D eigenvalue weighted by Crippen LogP contribution is -2.46. The van der Waals surface area contributed by atoms with Crippen molar-refractivity contribution in [3.8, 4) is 0 Å². The van der Waals surface area contributed by atoms with Gasteiger partial charge in [-0.05, 0) is 44.2 Å². The molecule has 24 heavy (non-hydrogen) atoms. The largest absolute Gasteiger partial charge is 0.353 e. The molecule has 2 amide bonds. The van der Waals surface area contributed by atoms with Crippen molar-refractivity contribution in [2.24, 2.45) is 11.8 Å². The van der Waals surface area contributed by atoms with Crippen molar-refractivity contribution < 1.29 is 9.59 Å².